The van der Waals surface area contributed by atoms with Crippen LogP contribution in [0.3, 0.4) is 0 Å². The normalized spacial score (nSPS) is 14.1. The van der Waals surface area contributed by atoms with Crippen molar-refractivity contribution < 1.29 is 4.42 Å². The van der Waals surface area contributed by atoms with E-state index < -0.39 is 0 Å². The summed E-state index contributed by atoms with van der Waals surface area (Å²) in [6, 6.07) is 6.26. The maximum atomic E-state index is 5.39. The van der Waals surface area contributed by atoms with Gasteiger partial charge in [0.25, 0.3) is 5.89 Å². The van der Waals surface area contributed by atoms with Gasteiger partial charge in [-0.05, 0) is 30.2 Å². The van der Waals surface area contributed by atoms with Gasteiger partial charge in [0, 0.05) is 41.5 Å². The highest BCUT2D eigenvalue weighted by atomic mass is 32.1. The minimum absolute atomic E-state index is 0.466. The van der Waals surface area contributed by atoms with Crippen LogP contribution in [0, 0.1) is 6.92 Å². The second kappa shape index (κ2) is 5.05. The monoisotopic (exact) mass is 298 g/mol. The standard InChI is InChI=1S/C15H14N4OS/c1-9-18-19-15(20-9)12-3-2-10(8-17-12)14-6-11-7-16-5-4-13(11)21-14/h2-3,6,8,16H,4-5,7H2,1H3. The predicted molar refractivity (Wildman–Crippen MR) is 81.0 cm³/mol. The molecule has 4 heterocycles. The molecule has 0 saturated carbocycles. The van der Waals surface area contributed by atoms with E-state index in [2.05, 4.69) is 32.6 Å². The van der Waals surface area contributed by atoms with Crippen LogP contribution in [0.2, 0.25) is 0 Å². The van der Waals surface area contributed by atoms with Crippen LogP contribution in [0.15, 0.2) is 28.8 Å². The third kappa shape index (κ3) is 2.36. The number of hydrogen-bond acceptors (Lipinski definition) is 6. The second-order valence-electron chi connectivity index (χ2n) is 5.04. The highest BCUT2D eigenvalue weighted by Gasteiger charge is 2.14. The van der Waals surface area contributed by atoms with E-state index in [0.717, 1.165) is 25.1 Å². The molecule has 1 aliphatic rings. The Bertz CT molecular complexity index is 752. The molecule has 0 radical (unpaired) electrons. The molecule has 0 fully saturated rings. The molecule has 21 heavy (non-hydrogen) atoms. The Morgan fingerprint density at radius 1 is 1.29 bits per heavy atom. The number of nitrogens with zero attached hydrogens (tertiary/aromatic N) is 3. The smallest absolute Gasteiger partial charge is 0.266 e. The van der Waals surface area contributed by atoms with E-state index in [1.54, 1.807) is 6.92 Å². The third-order valence-corrected chi connectivity index (χ3v) is 4.82. The van der Waals surface area contributed by atoms with Crippen LogP contribution in [0.5, 0.6) is 0 Å². The lowest BCUT2D eigenvalue weighted by molar-refractivity contribution is 0.531. The molecular weight excluding hydrogens is 284 g/mol. The van der Waals surface area contributed by atoms with Gasteiger partial charge < -0.3 is 9.73 Å². The molecule has 0 aliphatic carbocycles. The summed E-state index contributed by atoms with van der Waals surface area (Å²) in [5.74, 6) is 1.02. The molecule has 0 saturated heterocycles. The summed E-state index contributed by atoms with van der Waals surface area (Å²) in [6.45, 7) is 3.81. The molecule has 106 valence electrons. The van der Waals surface area contributed by atoms with Gasteiger partial charge in [0.05, 0.1) is 0 Å². The Morgan fingerprint density at radius 2 is 2.24 bits per heavy atom. The highest BCUT2D eigenvalue weighted by Crippen LogP contribution is 2.33. The Balaban J connectivity index is 1.65. The number of rotatable bonds is 2. The van der Waals surface area contributed by atoms with Crippen LogP contribution in [0.4, 0.5) is 0 Å². The molecule has 0 amide bonds. The molecule has 3 aromatic rings. The van der Waals surface area contributed by atoms with Gasteiger partial charge >= 0.3 is 0 Å². The zero-order chi connectivity index (χ0) is 14.2. The lowest BCUT2D eigenvalue weighted by Gasteiger charge is -2.10. The lowest BCUT2D eigenvalue weighted by atomic mass is 10.1. The van der Waals surface area contributed by atoms with Crippen LogP contribution >= 0.6 is 11.3 Å². The summed E-state index contributed by atoms with van der Waals surface area (Å²) in [4.78, 5) is 7.19. The molecule has 6 heteroatoms. The number of thiophene rings is 1. The van der Waals surface area contributed by atoms with Gasteiger partial charge in [-0.2, -0.15) is 0 Å². The Hall–Kier alpha value is -2.05. The van der Waals surface area contributed by atoms with Crippen LogP contribution in [-0.4, -0.2) is 21.7 Å². The molecule has 1 N–H and O–H groups in total. The average molecular weight is 298 g/mol. The van der Waals surface area contributed by atoms with Gasteiger partial charge in [0.2, 0.25) is 5.89 Å². The topological polar surface area (TPSA) is 63.8 Å². The number of aromatic nitrogens is 3. The number of nitrogens with one attached hydrogen (secondary N) is 1. The second-order valence-corrected chi connectivity index (χ2v) is 6.18. The van der Waals surface area contributed by atoms with Crippen LogP contribution in [0.25, 0.3) is 22.0 Å². The van der Waals surface area contributed by atoms with E-state index in [4.69, 9.17) is 4.42 Å². The first-order chi connectivity index (χ1) is 10.3. The van der Waals surface area contributed by atoms with Crippen molar-refractivity contribution in [2.75, 3.05) is 6.54 Å². The van der Waals surface area contributed by atoms with E-state index in [-0.39, 0.29) is 0 Å². The van der Waals surface area contributed by atoms with Crippen molar-refractivity contribution in [3.8, 4) is 22.0 Å². The lowest BCUT2D eigenvalue weighted by Crippen LogP contribution is -2.21. The van der Waals surface area contributed by atoms with E-state index in [1.807, 2.05) is 23.6 Å². The largest absolute Gasteiger partial charge is 0.420 e. The summed E-state index contributed by atoms with van der Waals surface area (Å²) < 4.78 is 5.39. The van der Waals surface area contributed by atoms with Gasteiger partial charge in [0.1, 0.15) is 5.69 Å². The van der Waals surface area contributed by atoms with Crippen LogP contribution in [0.1, 0.15) is 16.3 Å². The van der Waals surface area contributed by atoms with Gasteiger partial charge in [-0.15, -0.1) is 21.5 Å². The van der Waals surface area contributed by atoms with Crippen molar-refractivity contribution >= 4 is 11.3 Å². The molecule has 0 aromatic carbocycles. The fourth-order valence-electron chi connectivity index (χ4n) is 2.46. The number of fused-ring (bicyclic) bond motifs is 1. The first-order valence-corrected chi connectivity index (χ1v) is 7.70. The van der Waals surface area contributed by atoms with E-state index in [9.17, 15) is 0 Å². The quantitative estimate of drug-likeness (QED) is 0.788. The summed E-state index contributed by atoms with van der Waals surface area (Å²) in [5.41, 5.74) is 3.26. The van der Waals surface area contributed by atoms with E-state index in [1.165, 1.54) is 15.3 Å². The van der Waals surface area contributed by atoms with Crippen molar-refractivity contribution in [2.24, 2.45) is 0 Å². The van der Waals surface area contributed by atoms with Crippen LogP contribution in [-0.2, 0) is 13.0 Å². The fourth-order valence-corrected chi connectivity index (χ4v) is 3.63. The minimum Gasteiger partial charge on any atom is -0.420 e. The molecule has 0 unspecified atom stereocenters. The summed E-state index contributed by atoms with van der Waals surface area (Å²) in [7, 11) is 0. The molecule has 3 aromatic heterocycles. The molecule has 0 atom stereocenters. The summed E-state index contributed by atoms with van der Waals surface area (Å²) in [6.07, 6.45) is 2.99. The minimum atomic E-state index is 0.466. The number of hydrogen-bond donors (Lipinski definition) is 1. The fraction of sp³-hybridized carbons (Fsp3) is 0.267. The molecule has 0 spiro atoms. The zero-order valence-electron chi connectivity index (χ0n) is 11.6. The predicted octanol–water partition coefficient (Wildman–Crippen LogP) is 2.81. The Morgan fingerprint density at radius 3 is 2.95 bits per heavy atom. The first kappa shape index (κ1) is 12.7. The van der Waals surface area contributed by atoms with E-state index in [0.29, 0.717) is 17.5 Å². The van der Waals surface area contributed by atoms with Crippen molar-refractivity contribution in [3.63, 3.8) is 0 Å². The molecule has 5 nitrogen and oxygen atoms in total. The molecule has 0 bridgehead atoms. The van der Waals surface area contributed by atoms with Crippen molar-refractivity contribution in [1.29, 1.82) is 0 Å². The maximum Gasteiger partial charge on any atom is 0.266 e. The molecule has 4 rings (SSSR count). The van der Waals surface area contributed by atoms with Gasteiger partial charge in [-0.1, -0.05) is 0 Å². The van der Waals surface area contributed by atoms with Gasteiger partial charge in [0.15, 0.2) is 0 Å². The van der Waals surface area contributed by atoms with Gasteiger partial charge in [-0.25, -0.2) is 0 Å². The molecular formula is C15H14N4OS. The summed E-state index contributed by atoms with van der Waals surface area (Å²) in [5, 5.41) is 11.2. The molecule has 1 aliphatic heterocycles. The summed E-state index contributed by atoms with van der Waals surface area (Å²) >= 11 is 1.86. The van der Waals surface area contributed by atoms with Crippen molar-refractivity contribution in [2.45, 2.75) is 19.9 Å². The SMILES string of the molecule is Cc1nnc(-c2ccc(-c3cc4c(s3)CCNC4)cn2)o1. The van der Waals surface area contributed by atoms with Crippen molar-refractivity contribution in [3.05, 3.63) is 40.7 Å². The maximum absolute atomic E-state index is 5.39. The number of pyridine rings is 1. The average Bonchev–Trinajstić information content (AvgIpc) is 3.13. The first-order valence-electron chi connectivity index (χ1n) is 6.89. The third-order valence-electron chi connectivity index (χ3n) is 3.53. The highest BCUT2D eigenvalue weighted by molar-refractivity contribution is 7.15. The Kier molecular flexibility index (Phi) is 3.05. The zero-order valence-corrected chi connectivity index (χ0v) is 12.4. The number of aryl methyl sites for hydroxylation is 1. The Labute approximate surface area is 126 Å². The van der Waals surface area contributed by atoms with Crippen LogP contribution < -0.4 is 5.32 Å². The van der Waals surface area contributed by atoms with Gasteiger partial charge in [-0.3, -0.25) is 4.98 Å². The van der Waals surface area contributed by atoms with E-state index >= 15 is 0 Å². The van der Waals surface area contributed by atoms with Crippen molar-refractivity contribution in [1.82, 2.24) is 20.5 Å².